The van der Waals surface area contributed by atoms with E-state index in [-0.39, 0.29) is 30.0 Å². The number of rotatable bonds is 10. The maximum Gasteiger partial charge on any atom is 0.412 e. The number of amides is 3. The fourth-order valence-electron chi connectivity index (χ4n) is 6.24. The summed E-state index contributed by atoms with van der Waals surface area (Å²) in [6.45, 7) is 2.48. The average Bonchev–Trinajstić information content (AvgIpc) is 3.00. The second-order valence-corrected chi connectivity index (χ2v) is 11.6. The number of fused-ring (bicyclic) bond motifs is 2. The number of hydrogen-bond acceptors (Lipinski definition) is 7. The molecule has 0 bridgehead atoms. The van der Waals surface area contributed by atoms with Gasteiger partial charge in [0.25, 0.3) is 0 Å². The third-order valence-corrected chi connectivity index (χ3v) is 8.65. The first kappa shape index (κ1) is 31.7. The van der Waals surface area contributed by atoms with Crippen LogP contribution in [-0.2, 0) is 24.6 Å². The number of urea groups is 1. The normalized spacial score (nSPS) is 19.8. The van der Waals surface area contributed by atoms with Gasteiger partial charge in [0.2, 0.25) is 0 Å². The van der Waals surface area contributed by atoms with Crippen LogP contribution in [0.5, 0.6) is 0 Å². The van der Waals surface area contributed by atoms with Crippen LogP contribution in [0.25, 0.3) is 0 Å². The second-order valence-electron chi connectivity index (χ2n) is 11.1. The highest BCUT2D eigenvalue weighted by atomic mass is 35.5. The first-order chi connectivity index (χ1) is 21.2. The standard InChI is InChI=1S/C31H35ClF2N4O6/c1-42-18-25-26(28(39)43-2)27(19-6-8-22(33)23(34)16-19)38(29(40)35-25)13-5-3-4-12-37-14-10-31(11-15-37)21-17-20(32)7-9-24(21)36-30(41)44-31/h6-9,16-17,27H,3-5,10-15,18H2,1-2H3,(H,35,40)(H,36,41). The van der Waals surface area contributed by atoms with Crippen molar-refractivity contribution in [2.45, 2.75) is 43.7 Å². The quantitative estimate of drug-likeness (QED) is 0.264. The summed E-state index contributed by atoms with van der Waals surface area (Å²) < 4.78 is 44.1. The number of piperidine rings is 1. The van der Waals surface area contributed by atoms with Crippen molar-refractivity contribution in [2.24, 2.45) is 0 Å². The zero-order valence-corrected chi connectivity index (χ0v) is 25.3. The third-order valence-electron chi connectivity index (χ3n) is 8.42. The van der Waals surface area contributed by atoms with E-state index in [9.17, 15) is 23.2 Å². The predicted molar refractivity (Wildman–Crippen MR) is 158 cm³/mol. The van der Waals surface area contributed by atoms with E-state index in [2.05, 4.69) is 15.5 Å². The highest BCUT2D eigenvalue weighted by molar-refractivity contribution is 6.30. The lowest BCUT2D eigenvalue weighted by atomic mass is 9.82. The van der Waals surface area contributed by atoms with Gasteiger partial charge in [-0.25, -0.2) is 23.2 Å². The summed E-state index contributed by atoms with van der Waals surface area (Å²) in [7, 11) is 2.64. The largest absolute Gasteiger partial charge is 0.466 e. The third kappa shape index (κ3) is 6.52. The molecule has 3 heterocycles. The van der Waals surface area contributed by atoms with Crippen LogP contribution in [0.1, 0.15) is 49.3 Å². The minimum atomic E-state index is -1.08. The van der Waals surface area contributed by atoms with E-state index in [1.165, 1.54) is 25.2 Å². The van der Waals surface area contributed by atoms with Gasteiger partial charge in [-0.2, -0.15) is 0 Å². The molecule has 0 radical (unpaired) electrons. The minimum absolute atomic E-state index is 0.0738. The molecule has 13 heteroatoms. The second kappa shape index (κ2) is 13.5. The van der Waals surface area contributed by atoms with Gasteiger partial charge in [0.05, 0.1) is 36.7 Å². The lowest BCUT2D eigenvalue weighted by molar-refractivity contribution is -0.137. The molecule has 2 aromatic rings. The van der Waals surface area contributed by atoms with Crippen molar-refractivity contribution < 1.29 is 37.4 Å². The van der Waals surface area contributed by atoms with E-state index in [0.717, 1.165) is 55.9 Å². The van der Waals surface area contributed by atoms with Crippen LogP contribution in [0, 0.1) is 11.6 Å². The number of unbranched alkanes of at least 4 members (excludes halogenated alkanes) is 2. The lowest BCUT2D eigenvalue weighted by Crippen LogP contribution is -2.50. The molecule has 1 spiro atoms. The zero-order valence-electron chi connectivity index (χ0n) is 24.6. The molecule has 0 aromatic heterocycles. The zero-order chi connectivity index (χ0) is 31.4. The van der Waals surface area contributed by atoms with Crippen LogP contribution in [0.4, 0.5) is 24.1 Å². The van der Waals surface area contributed by atoms with E-state index in [0.29, 0.717) is 24.3 Å². The molecular formula is C31H35ClF2N4O6. The monoisotopic (exact) mass is 632 g/mol. The van der Waals surface area contributed by atoms with Gasteiger partial charge in [0.1, 0.15) is 5.60 Å². The Hall–Kier alpha value is -3.74. The minimum Gasteiger partial charge on any atom is -0.466 e. The number of nitrogens with one attached hydrogen (secondary N) is 2. The van der Waals surface area contributed by atoms with E-state index < -0.39 is 41.4 Å². The molecule has 10 nitrogen and oxygen atoms in total. The fourth-order valence-corrected chi connectivity index (χ4v) is 6.42. The molecule has 1 unspecified atom stereocenters. The van der Waals surface area contributed by atoms with Gasteiger partial charge in [0, 0.05) is 50.2 Å². The Morgan fingerprint density at radius 2 is 1.77 bits per heavy atom. The summed E-state index contributed by atoms with van der Waals surface area (Å²) in [5.41, 5.74) is 1.47. The number of esters is 1. The Kier molecular flexibility index (Phi) is 9.72. The number of nitrogens with zero attached hydrogens (tertiary/aromatic N) is 2. The van der Waals surface area contributed by atoms with Crippen LogP contribution in [0.3, 0.4) is 0 Å². The van der Waals surface area contributed by atoms with Gasteiger partial charge < -0.3 is 29.3 Å². The molecule has 1 saturated heterocycles. The molecule has 236 valence electrons. The maximum absolute atomic E-state index is 14.3. The van der Waals surface area contributed by atoms with Crippen LogP contribution >= 0.6 is 11.6 Å². The number of benzene rings is 2. The van der Waals surface area contributed by atoms with Gasteiger partial charge in [-0.05, 0) is 55.3 Å². The van der Waals surface area contributed by atoms with Gasteiger partial charge in [0.15, 0.2) is 11.6 Å². The average molecular weight is 633 g/mol. The summed E-state index contributed by atoms with van der Waals surface area (Å²) in [5, 5.41) is 6.05. The van der Waals surface area contributed by atoms with Crippen molar-refractivity contribution >= 4 is 35.4 Å². The van der Waals surface area contributed by atoms with Crippen LogP contribution < -0.4 is 10.6 Å². The molecule has 2 aromatic carbocycles. The van der Waals surface area contributed by atoms with E-state index in [4.69, 9.17) is 25.8 Å². The van der Waals surface area contributed by atoms with Crippen molar-refractivity contribution in [1.29, 1.82) is 0 Å². The number of carbonyl (C=O) groups is 3. The van der Waals surface area contributed by atoms with Crippen LogP contribution in [-0.4, -0.2) is 74.9 Å². The summed E-state index contributed by atoms with van der Waals surface area (Å²) >= 11 is 6.25. The van der Waals surface area contributed by atoms with Gasteiger partial charge >= 0.3 is 18.1 Å². The lowest BCUT2D eigenvalue weighted by Gasteiger charge is -2.44. The van der Waals surface area contributed by atoms with E-state index >= 15 is 0 Å². The highest BCUT2D eigenvalue weighted by Crippen LogP contribution is 2.44. The van der Waals surface area contributed by atoms with Gasteiger partial charge in [-0.3, -0.25) is 5.32 Å². The molecule has 3 amide bonds. The van der Waals surface area contributed by atoms with Crippen molar-refractivity contribution in [3.8, 4) is 0 Å². The van der Waals surface area contributed by atoms with Gasteiger partial charge in [-0.1, -0.05) is 24.1 Å². The van der Waals surface area contributed by atoms with Crippen molar-refractivity contribution in [3.05, 3.63) is 75.5 Å². The topological polar surface area (TPSA) is 109 Å². The summed E-state index contributed by atoms with van der Waals surface area (Å²) in [5.74, 6) is -2.82. The maximum atomic E-state index is 14.3. The summed E-state index contributed by atoms with van der Waals surface area (Å²) in [4.78, 5) is 42.1. The molecular weight excluding hydrogens is 598 g/mol. The Morgan fingerprint density at radius 1 is 1.02 bits per heavy atom. The predicted octanol–water partition coefficient (Wildman–Crippen LogP) is 5.48. The SMILES string of the molecule is COCC1=C(C(=O)OC)C(c2ccc(F)c(F)c2)N(CCCCCN2CCC3(CC2)OC(=O)Nc2ccc(Cl)cc23)C(=O)N1. The number of hydrogen-bond donors (Lipinski definition) is 2. The Labute approximate surface area is 259 Å². The molecule has 1 fully saturated rings. The molecule has 44 heavy (non-hydrogen) atoms. The number of methoxy groups -OCH3 is 2. The van der Waals surface area contributed by atoms with Crippen molar-refractivity contribution in [2.75, 3.05) is 52.3 Å². The number of ether oxygens (including phenoxy) is 3. The van der Waals surface area contributed by atoms with Crippen molar-refractivity contribution in [1.82, 2.24) is 15.1 Å². The Morgan fingerprint density at radius 3 is 2.48 bits per heavy atom. The molecule has 1 atom stereocenters. The summed E-state index contributed by atoms with van der Waals surface area (Å²) in [6, 6.07) is 7.26. The number of anilines is 1. The number of halogens is 3. The summed E-state index contributed by atoms with van der Waals surface area (Å²) in [6.07, 6.45) is 3.05. The first-order valence-electron chi connectivity index (χ1n) is 14.5. The molecule has 3 aliphatic rings. The van der Waals surface area contributed by atoms with Crippen LogP contribution in [0.15, 0.2) is 47.7 Å². The smallest absolute Gasteiger partial charge is 0.412 e. The number of likely N-dealkylation sites (tertiary alicyclic amines) is 1. The van der Waals surface area contributed by atoms with E-state index in [1.54, 1.807) is 12.1 Å². The molecule has 0 saturated carbocycles. The molecule has 3 aliphatic heterocycles. The van der Waals surface area contributed by atoms with E-state index in [1.807, 2.05) is 6.07 Å². The molecule has 5 rings (SSSR count). The Balaban J connectivity index is 1.21. The first-order valence-corrected chi connectivity index (χ1v) is 14.9. The Bertz CT molecular complexity index is 1460. The fraction of sp³-hybridized carbons (Fsp3) is 0.452. The van der Waals surface area contributed by atoms with Crippen LogP contribution in [0.2, 0.25) is 5.02 Å². The molecule has 2 N–H and O–H groups in total. The van der Waals surface area contributed by atoms with Crippen molar-refractivity contribution in [3.63, 3.8) is 0 Å². The highest BCUT2D eigenvalue weighted by Gasteiger charge is 2.44. The van der Waals surface area contributed by atoms with Gasteiger partial charge in [-0.15, -0.1) is 0 Å². The number of carbonyl (C=O) groups excluding carboxylic acids is 3. The molecule has 0 aliphatic carbocycles.